The molecule has 0 amide bonds. The largest absolute Gasteiger partial charge is 0.388 e. The number of nitrogens with zero attached hydrogens (tertiary/aromatic N) is 1. The molecule has 2 aromatic rings. The van der Waals surface area contributed by atoms with Crippen LogP contribution in [0.3, 0.4) is 0 Å². The molecule has 1 aliphatic rings. The van der Waals surface area contributed by atoms with Gasteiger partial charge in [0.1, 0.15) is 0 Å². The van der Waals surface area contributed by atoms with Crippen LogP contribution in [0.2, 0.25) is 0 Å². The van der Waals surface area contributed by atoms with Gasteiger partial charge < -0.3 is 5.11 Å². The van der Waals surface area contributed by atoms with E-state index in [1.165, 1.54) is 5.56 Å². The van der Waals surface area contributed by atoms with Gasteiger partial charge in [-0.3, -0.25) is 4.98 Å². The van der Waals surface area contributed by atoms with Crippen molar-refractivity contribution < 1.29 is 5.11 Å². The van der Waals surface area contributed by atoms with E-state index in [0.717, 1.165) is 35.2 Å². The van der Waals surface area contributed by atoms with Crippen molar-refractivity contribution in [3.05, 3.63) is 64.5 Å². The number of hydrogen-bond acceptors (Lipinski definition) is 2. The van der Waals surface area contributed by atoms with Gasteiger partial charge in [0.15, 0.2) is 0 Å². The summed E-state index contributed by atoms with van der Waals surface area (Å²) >= 11 is 0. The van der Waals surface area contributed by atoms with Crippen LogP contribution in [0.1, 0.15) is 46.4 Å². The molecule has 1 heterocycles. The van der Waals surface area contributed by atoms with Crippen molar-refractivity contribution >= 4 is 0 Å². The molecule has 1 aromatic heterocycles. The Labute approximate surface area is 114 Å². The Morgan fingerprint density at radius 3 is 2.63 bits per heavy atom. The molecule has 2 nitrogen and oxygen atoms in total. The minimum absolute atomic E-state index is 0.135. The minimum Gasteiger partial charge on any atom is -0.388 e. The van der Waals surface area contributed by atoms with Crippen molar-refractivity contribution in [2.24, 2.45) is 0 Å². The highest BCUT2D eigenvalue weighted by Gasteiger charge is 2.31. The summed E-state index contributed by atoms with van der Waals surface area (Å²) in [5, 5.41) is 10.8. The van der Waals surface area contributed by atoms with E-state index in [1.807, 2.05) is 18.3 Å². The molecular formula is C17H19NO. The second-order valence-corrected chi connectivity index (χ2v) is 5.44. The molecule has 2 unspecified atom stereocenters. The molecule has 98 valence electrons. The van der Waals surface area contributed by atoms with Crippen LogP contribution in [0.5, 0.6) is 0 Å². The highest BCUT2D eigenvalue weighted by molar-refractivity contribution is 5.39. The molecule has 0 saturated carbocycles. The van der Waals surface area contributed by atoms with E-state index in [1.54, 1.807) is 0 Å². The molecule has 0 aliphatic heterocycles. The van der Waals surface area contributed by atoms with Gasteiger partial charge in [0, 0.05) is 17.8 Å². The summed E-state index contributed by atoms with van der Waals surface area (Å²) in [6, 6.07) is 10.3. The van der Waals surface area contributed by atoms with E-state index < -0.39 is 6.10 Å². The number of hydrogen-bond donors (Lipinski definition) is 1. The summed E-state index contributed by atoms with van der Waals surface area (Å²) in [5.74, 6) is 0.135. The fourth-order valence-electron chi connectivity index (χ4n) is 3.25. The topological polar surface area (TPSA) is 33.1 Å². The maximum atomic E-state index is 10.8. The van der Waals surface area contributed by atoms with Crippen LogP contribution >= 0.6 is 0 Å². The van der Waals surface area contributed by atoms with Crippen LogP contribution < -0.4 is 0 Å². The van der Waals surface area contributed by atoms with Crippen molar-refractivity contribution in [2.45, 2.75) is 38.7 Å². The monoisotopic (exact) mass is 253 g/mol. The average Bonchev–Trinajstić information content (AvgIpc) is 2.82. The van der Waals surface area contributed by atoms with Gasteiger partial charge in [0.25, 0.3) is 0 Å². The smallest absolute Gasteiger partial charge is 0.0878 e. The molecule has 0 fully saturated rings. The molecule has 0 saturated heterocycles. The van der Waals surface area contributed by atoms with Gasteiger partial charge in [0.2, 0.25) is 0 Å². The first-order valence-corrected chi connectivity index (χ1v) is 6.86. The molecule has 1 aromatic carbocycles. The quantitative estimate of drug-likeness (QED) is 0.889. The lowest BCUT2D eigenvalue weighted by atomic mass is 9.88. The van der Waals surface area contributed by atoms with Crippen molar-refractivity contribution in [1.82, 2.24) is 4.98 Å². The lowest BCUT2D eigenvalue weighted by molar-refractivity contribution is 0.142. The number of pyridine rings is 1. The Kier molecular flexibility index (Phi) is 3.11. The van der Waals surface area contributed by atoms with Crippen LogP contribution in [0.4, 0.5) is 0 Å². The van der Waals surface area contributed by atoms with Gasteiger partial charge in [-0.25, -0.2) is 0 Å². The van der Waals surface area contributed by atoms with E-state index in [4.69, 9.17) is 0 Å². The first-order chi connectivity index (χ1) is 9.18. The molecule has 0 bridgehead atoms. The van der Waals surface area contributed by atoms with Crippen molar-refractivity contribution in [3.63, 3.8) is 0 Å². The Morgan fingerprint density at radius 2 is 1.89 bits per heavy atom. The van der Waals surface area contributed by atoms with E-state index in [2.05, 4.69) is 37.0 Å². The van der Waals surface area contributed by atoms with Gasteiger partial charge in [-0.2, -0.15) is 0 Å². The minimum atomic E-state index is -0.447. The summed E-state index contributed by atoms with van der Waals surface area (Å²) in [4.78, 5) is 4.49. The first-order valence-electron chi connectivity index (χ1n) is 6.86. The summed E-state index contributed by atoms with van der Waals surface area (Å²) in [5.41, 5.74) is 5.77. The van der Waals surface area contributed by atoms with Crippen LogP contribution in [-0.2, 0) is 6.42 Å². The third-order valence-electron chi connectivity index (χ3n) is 4.22. The molecule has 0 spiro atoms. The fraction of sp³-hybridized carbons (Fsp3) is 0.353. The number of aliphatic hydroxyl groups excluding tert-OH is 1. The number of aromatic nitrogens is 1. The lowest BCUT2D eigenvalue weighted by Crippen LogP contribution is -2.12. The average molecular weight is 253 g/mol. The van der Waals surface area contributed by atoms with E-state index >= 15 is 0 Å². The maximum absolute atomic E-state index is 10.8. The summed E-state index contributed by atoms with van der Waals surface area (Å²) in [7, 11) is 0. The lowest BCUT2D eigenvalue weighted by Gasteiger charge is -2.22. The number of benzene rings is 1. The van der Waals surface area contributed by atoms with Gasteiger partial charge in [-0.15, -0.1) is 0 Å². The van der Waals surface area contributed by atoms with Gasteiger partial charge >= 0.3 is 0 Å². The second-order valence-electron chi connectivity index (χ2n) is 5.44. The molecule has 19 heavy (non-hydrogen) atoms. The molecule has 0 radical (unpaired) electrons. The summed E-state index contributed by atoms with van der Waals surface area (Å²) in [6.07, 6.45) is 3.39. The van der Waals surface area contributed by atoms with Crippen molar-refractivity contribution in [2.75, 3.05) is 0 Å². The highest BCUT2D eigenvalue weighted by atomic mass is 16.3. The number of fused-ring (bicyclic) bond motifs is 1. The summed E-state index contributed by atoms with van der Waals surface area (Å²) < 4.78 is 0. The summed E-state index contributed by atoms with van der Waals surface area (Å²) in [6.45, 7) is 4.14. The maximum Gasteiger partial charge on any atom is 0.0878 e. The van der Waals surface area contributed by atoms with Gasteiger partial charge in [0.05, 0.1) is 6.10 Å². The predicted octanol–water partition coefficient (Wildman–Crippen LogP) is 3.46. The molecular weight excluding hydrogens is 234 g/mol. The number of aryl methyl sites for hydroxylation is 3. The Balaban J connectivity index is 2.00. The zero-order valence-electron chi connectivity index (χ0n) is 11.4. The highest BCUT2D eigenvalue weighted by Crippen LogP contribution is 2.41. The van der Waals surface area contributed by atoms with Crippen LogP contribution in [0, 0.1) is 13.8 Å². The van der Waals surface area contributed by atoms with Gasteiger partial charge in [-0.1, -0.05) is 24.3 Å². The molecule has 3 rings (SSSR count). The Bertz CT molecular complexity index is 586. The molecule has 1 aliphatic carbocycles. The standard InChI is InChI=1S/C17H19NO/c1-11-5-3-6-12(2)15(11)17(19)14-9-8-13-7-4-10-18-16(13)14/h3-7,10,14,17,19H,8-9H2,1-2H3. The Hall–Kier alpha value is -1.67. The van der Waals surface area contributed by atoms with Crippen molar-refractivity contribution in [3.8, 4) is 0 Å². The van der Waals surface area contributed by atoms with Gasteiger partial charge in [-0.05, 0) is 55.0 Å². The number of aliphatic hydroxyl groups is 1. The third kappa shape index (κ3) is 2.06. The first kappa shape index (κ1) is 12.4. The van der Waals surface area contributed by atoms with E-state index in [9.17, 15) is 5.11 Å². The normalized spacial score (nSPS) is 19.2. The zero-order valence-corrected chi connectivity index (χ0v) is 11.4. The molecule has 2 heteroatoms. The van der Waals surface area contributed by atoms with E-state index in [0.29, 0.717) is 0 Å². The molecule has 1 N–H and O–H groups in total. The SMILES string of the molecule is Cc1cccc(C)c1C(O)C1CCc2cccnc21. The van der Waals surface area contributed by atoms with Crippen LogP contribution in [0.25, 0.3) is 0 Å². The Morgan fingerprint density at radius 1 is 1.16 bits per heavy atom. The fourth-order valence-corrected chi connectivity index (χ4v) is 3.25. The predicted molar refractivity (Wildman–Crippen MR) is 76.2 cm³/mol. The number of rotatable bonds is 2. The zero-order chi connectivity index (χ0) is 13.4. The van der Waals surface area contributed by atoms with Crippen molar-refractivity contribution in [1.29, 1.82) is 0 Å². The van der Waals surface area contributed by atoms with Crippen LogP contribution in [-0.4, -0.2) is 10.1 Å². The second kappa shape index (κ2) is 4.78. The van der Waals surface area contributed by atoms with Crippen LogP contribution in [0.15, 0.2) is 36.5 Å². The molecule has 2 atom stereocenters. The third-order valence-corrected chi connectivity index (χ3v) is 4.22. The van der Waals surface area contributed by atoms with E-state index in [-0.39, 0.29) is 5.92 Å².